The second kappa shape index (κ2) is 4.19. The normalized spacial score (nSPS) is 18.2. The fourth-order valence-corrected chi connectivity index (χ4v) is 2.08. The van der Waals surface area contributed by atoms with Gasteiger partial charge in [-0.05, 0) is 43.9 Å². The predicted octanol–water partition coefficient (Wildman–Crippen LogP) is 2.04. The molecule has 3 nitrogen and oxygen atoms in total. The van der Waals surface area contributed by atoms with E-state index in [-0.39, 0.29) is 0 Å². The molecular formula is C12H18N2O. The first kappa shape index (κ1) is 10.4. The van der Waals surface area contributed by atoms with Crippen molar-refractivity contribution in [3.63, 3.8) is 0 Å². The maximum absolute atomic E-state index is 9.45. The van der Waals surface area contributed by atoms with Crippen molar-refractivity contribution >= 4 is 5.82 Å². The van der Waals surface area contributed by atoms with Crippen LogP contribution in [0.25, 0.3) is 0 Å². The summed E-state index contributed by atoms with van der Waals surface area (Å²) in [5.41, 5.74) is 2.06. The number of aliphatic hydroxyl groups excluding tert-OH is 1. The van der Waals surface area contributed by atoms with Crippen LogP contribution in [0, 0.1) is 6.92 Å². The van der Waals surface area contributed by atoms with E-state index in [2.05, 4.69) is 16.8 Å². The molecule has 0 spiro atoms. The lowest BCUT2D eigenvalue weighted by Crippen LogP contribution is -2.20. The summed E-state index contributed by atoms with van der Waals surface area (Å²) in [7, 11) is 0. The van der Waals surface area contributed by atoms with Crippen LogP contribution in [0.5, 0.6) is 0 Å². The van der Waals surface area contributed by atoms with Crippen LogP contribution in [0.2, 0.25) is 0 Å². The van der Waals surface area contributed by atoms with Gasteiger partial charge in [0.2, 0.25) is 0 Å². The zero-order valence-electron chi connectivity index (χ0n) is 9.40. The number of pyridine rings is 1. The lowest BCUT2D eigenvalue weighted by Gasteiger charge is -2.19. The van der Waals surface area contributed by atoms with E-state index in [9.17, 15) is 5.11 Å². The third kappa shape index (κ3) is 2.12. The highest BCUT2D eigenvalue weighted by Gasteiger charge is 2.16. The maximum atomic E-state index is 9.45. The highest BCUT2D eigenvalue weighted by atomic mass is 16.3. The molecule has 1 N–H and O–H groups in total. The summed E-state index contributed by atoms with van der Waals surface area (Å²) in [6, 6.07) is 2.03. The number of aromatic nitrogens is 1. The molecular weight excluding hydrogens is 188 g/mol. The second-order valence-corrected chi connectivity index (χ2v) is 4.28. The quantitative estimate of drug-likeness (QED) is 0.804. The Morgan fingerprint density at radius 2 is 2.07 bits per heavy atom. The van der Waals surface area contributed by atoms with Gasteiger partial charge in [0.05, 0.1) is 6.10 Å². The van der Waals surface area contributed by atoms with Crippen molar-refractivity contribution in [1.29, 1.82) is 0 Å². The topological polar surface area (TPSA) is 36.4 Å². The van der Waals surface area contributed by atoms with Gasteiger partial charge in [0.15, 0.2) is 0 Å². The van der Waals surface area contributed by atoms with Crippen LogP contribution in [0.4, 0.5) is 5.82 Å². The molecule has 1 aromatic heterocycles. The van der Waals surface area contributed by atoms with E-state index in [0.29, 0.717) is 0 Å². The first-order chi connectivity index (χ1) is 7.18. The van der Waals surface area contributed by atoms with Crippen LogP contribution >= 0.6 is 0 Å². The summed E-state index contributed by atoms with van der Waals surface area (Å²) in [5.74, 6) is 1.08. The molecule has 3 heteroatoms. The molecule has 0 saturated carbocycles. The molecule has 0 amide bonds. The Labute approximate surface area is 90.8 Å². The highest BCUT2D eigenvalue weighted by Crippen LogP contribution is 2.23. The fraction of sp³-hybridized carbons (Fsp3) is 0.583. The van der Waals surface area contributed by atoms with Crippen molar-refractivity contribution in [2.75, 3.05) is 18.0 Å². The largest absolute Gasteiger partial charge is 0.389 e. The average molecular weight is 206 g/mol. The van der Waals surface area contributed by atoms with Crippen molar-refractivity contribution in [2.24, 2.45) is 0 Å². The lowest BCUT2D eigenvalue weighted by atomic mass is 10.1. The smallest absolute Gasteiger partial charge is 0.131 e. The highest BCUT2D eigenvalue weighted by molar-refractivity contribution is 5.48. The molecule has 1 aliphatic rings. The number of rotatable bonds is 2. The molecule has 1 aliphatic heterocycles. The van der Waals surface area contributed by atoms with E-state index in [0.717, 1.165) is 30.0 Å². The monoisotopic (exact) mass is 206 g/mol. The molecule has 82 valence electrons. The third-order valence-electron chi connectivity index (χ3n) is 2.96. The van der Waals surface area contributed by atoms with Gasteiger partial charge in [-0.3, -0.25) is 0 Å². The summed E-state index contributed by atoms with van der Waals surface area (Å²) >= 11 is 0. The molecule has 2 heterocycles. The molecule has 1 fully saturated rings. The minimum absolute atomic E-state index is 0.427. The summed E-state index contributed by atoms with van der Waals surface area (Å²) < 4.78 is 0. The van der Waals surface area contributed by atoms with E-state index in [4.69, 9.17) is 0 Å². The van der Waals surface area contributed by atoms with Gasteiger partial charge in [0, 0.05) is 19.3 Å². The summed E-state index contributed by atoms with van der Waals surface area (Å²) in [4.78, 5) is 6.77. The van der Waals surface area contributed by atoms with Crippen LogP contribution in [0.15, 0.2) is 12.3 Å². The summed E-state index contributed by atoms with van der Waals surface area (Å²) in [5, 5.41) is 9.45. The Morgan fingerprint density at radius 1 is 1.40 bits per heavy atom. The average Bonchev–Trinajstić information content (AvgIpc) is 2.70. The molecule has 2 rings (SSSR count). The number of nitrogens with zero attached hydrogens (tertiary/aromatic N) is 2. The van der Waals surface area contributed by atoms with Crippen LogP contribution in [-0.4, -0.2) is 23.2 Å². The van der Waals surface area contributed by atoms with Crippen LogP contribution < -0.4 is 4.90 Å². The SMILES string of the molecule is Cc1cc(C(C)O)cnc1N1CCCC1. The molecule has 1 aromatic rings. The molecule has 15 heavy (non-hydrogen) atoms. The minimum Gasteiger partial charge on any atom is -0.389 e. The maximum Gasteiger partial charge on any atom is 0.131 e. The molecule has 1 unspecified atom stereocenters. The van der Waals surface area contributed by atoms with E-state index in [1.165, 1.54) is 12.8 Å². The first-order valence-corrected chi connectivity index (χ1v) is 5.58. The Balaban J connectivity index is 2.25. The summed E-state index contributed by atoms with van der Waals surface area (Å²) in [6.07, 6.45) is 3.88. The number of aliphatic hydroxyl groups is 1. The Bertz CT molecular complexity index is 343. The molecule has 0 bridgehead atoms. The zero-order chi connectivity index (χ0) is 10.8. The van der Waals surface area contributed by atoms with Gasteiger partial charge in [-0.1, -0.05) is 0 Å². The van der Waals surface area contributed by atoms with Gasteiger partial charge in [0.25, 0.3) is 0 Å². The van der Waals surface area contributed by atoms with Gasteiger partial charge >= 0.3 is 0 Å². The van der Waals surface area contributed by atoms with Crippen LogP contribution in [0.1, 0.15) is 37.0 Å². The van der Waals surface area contributed by atoms with E-state index in [1.54, 1.807) is 13.1 Å². The second-order valence-electron chi connectivity index (χ2n) is 4.28. The van der Waals surface area contributed by atoms with Crippen LogP contribution in [0.3, 0.4) is 0 Å². The van der Waals surface area contributed by atoms with Gasteiger partial charge in [-0.25, -0.2) is 4.98 Å². The van der Waals surface area contributed by atoms with Crippen molar-refractivity contribution in [2.45, 2.75) is 32.8 Å². The molecule has 0 aromatic carbocycles. The van der Waals surface area contributed by atoms with Gasteiger partial charge in [0.1, 0.15) is 5.82 Å². The van der Waals surface area contributed by atoms with Crippen LogP contribution in [-0.2, 0) is 0 Å². The van der Waals surface area contributed by atoms with Crippen molar-refractivity contribution in [1.82, 2.24) is 4.98 Å². The van der Waals surface area contributed by atoms with Gasteiger partial charge in [-0.2, -0.15) is 0 Å². The molecule has 1 atom stereocenters. The lowest BCUT2D eigenvalue weighted by molar-refractivity contribution is 0.199. The van der Waals surface area contributed by atoms with Crippen molar-refractivity contribution in [3.05, 3.63) is 23.4 Å². The van der Waals surface area contributed by atoms with Crippen molar-refractivity contribution in [3.8, 4) is 0 Å². The Hall–Kier alpha value is -1.09. The van der Waals surface area contributed by atoms with Gasteiger partial charge in [-0.15, -0.1) is 0 Å². The molecule has 0 radical (unpaired) electrons. The molecule has 0 aliphatic carbocycles. The number of hydrogen-bond acceptors (Lipinski definition) is 3. The minimum atomic E-state index is -0.427. The van der Waals surface area contributed by atoms with Gasteiger partial charge < -0.3 is 10.0 Å². The van der Waals surface area contributed by atoms with E-state index in [1.807, 2.05) is 6.07 Å². The summed E-state index contributed by atoms with van der Waals surface area (Å²) in [6.45, 7) is 6.06. The number of hydrogen-bond donors (Lipinski definition) is 1. The van der Waals surface area contributed by atoms with E-state index < -0.39 is 6.10 Å². The number of aryl methyl sites for hydroxylation is 1. The van der Waals surface area contributed by atoms with E-state index >= 15 is 0 Å². The molecule has 1 saturated heterocycles. The number of anilines is 1. The fourth-order valence-electron chi connectivity index (χ4n) is 2.08. The first-order valence-electron chi connectivity index (χ1n) is 5.58. The Morgan fingerprint density at radius 3 is 2.60 bits per heavy atom. The Kier molecular flexibility index (Phi) is 2.91. The third-order valence-corrected chi connectivity index (χ3v) is 2.96. The van der Waals surface area contributed by atoms with Crippen molar-refractivity contribution < 1.29 is 5.11 Å². The zero-order valence-corrected chi connectivity index (χ0v) is 9.40. The standard InChI is InChI=1S/C12H18N2O/c1-9-7-11(10(2)15)8-13-12(9)14-5-3-4-6-14/h7-8,10,15H,3-6H2,1-2H3. The predicted molar refractivity (Wildman–Crippen MR) is 61.1 cm³/mol.